The fourth-order valence-corrected chi connectivity index (χ4v) is 2.60. The van der Waals surface area contributed by atoms with Gasteiger partial charge in [-0.2, -0.15) is 0 Å². The second-order valence-corrected chi connectivity index (χ2v) is 5.41. The fourth-order valence-electron chi connectivity index (χ4n) is 2.31. The minimum Gasteiger partial charge on any atom is -0.486 e. The molecule has 0 amide bonds. The van der Waals surface area contributed by atoms with E-state index in [0.29, 0.717) is 46.8 Å². The molecule has 2 heterocycles. The molecule has 0 saturated heterocycles. The highest BCUT2D eigenvalue weighted by molar-refractivity contribution is 6.32. The summed E-state index contributed by atoms with van der Waals surface area (Å²) >= 11 is 6.15. The summed E-state index contributed by atoms with van der Waals surface area (Å²) in [6, 6.07) is 5.13. The zero-order valence-corrected chi connectivity index (χ0v) is 13.0. The highest BCUT2D eigenvalue weighted by Crippen LogP contribution is 2.38. The highest BCUT2D eigenvalue weighted by Gasteiger charge is 2.18. The Labute approximate surface area is 132 Å². The van der Waals surface area contributed by atoms with Gasteiger partial charge in [-0.15, -0.1) is 0 Å². The van der Waals surface area contributed by atoms with Gasteiger partial charge in [-0.25, -0.2) is 4.79 Å². The van der Waals surface area contributed by atoms with E-state index in [1.807, 2.05) is 0 Å². The lowest BCUT2D eigenvalue weighted by Gasteiger charge is -2.20. The number of hydrogen-bond donors (Lipinski definition) is 0. The summed E-state index contributed by atoms with van der Waals surface area (Å²) in [5.74, 6) is 1.89. The molecular formula is C16H15ClO5. The Bertz CT molecular complexity index is 720. The monoisotopic (exact) mass is 322 g/mol. The van der Waals surface area contributed by atoms with Crippen molar-refractivity contribution in [3.63, 3.8) is 0 Å². The van der Waals surface area contributed by atoms with E-state index in [2.05, 4.69) is 0 Å². The van der Waals surface area contributed by atoms with Gasteiger partial charge < -0.3 is 18.6 Å². The van der Waals surface area contributed by atoms with Crippen LogP contribution in [0.25, 0.3) is 0 Å². The van der Waals surface area contributed by atoms with Gasteiger partial charge in [0.25, 0.3) is 0 Å². The number of carbonyl (C=O) groups is 1. The van der Waals surface area contributed by atoms with Crippen LogP contribution in [0.4, 0.5) is 0 Å². The number of furan rings is 1. The number of halogens is 1. The van der Waals surface area contributed by atoms with Gasteiger partial charge in [0.1, 0.15) is 36.9 Å². The number of rotatable bonds is 3. The van der Waals surface area contributed by atoms with Gasteiger partial charge in [0.2, 0.25) is 0 Å². The van der Waals surface area contributed by atoms with Crippen molar-refractivity contribution in [2.24, 2.45) is 0 Å². The van der Waals surface area contributed by atoms with Crippen molar-refractivity contribution in [2.45, 2.75) is 20.5 Å². The molecule has 0 spiro atoms. The maximum Gasteiger partial charge on any atom is 0.342 e. The molecule has 116 valence electrons. The molecule has 0 atom stereocenters. The lowest BCUT2D eigenvalue weighted by molar-refractivity contribution is 0.0470. The lowest BCUT2D eigenvalue weighted by Crippen LogP contribution is -2.16. The van der Waals surface area contributed by atoms with Crippen LogP contribution in [-0.2, 0) is 11.3 Å². The Morgan fingerprint density at radius 1 is 1.23 bits per heavy atom. The Hall–Kier alpha value is -2.14. The largest absolute Gasteiger partial charge is 0.486 e. The van der Waals surface area contributed by atoms with Gasteiger partial charge in [-0.3, -0.25) is 0 Å². The molecular weight excluding hydrogens is 308 g/mol. The van der Waals surface area contributed by atoms with Crippen LogP contribution in [-0.4, -0.2) is 19.2 Å². The van der Waals surface area contributed by atoms with E-state index in [9.17, 15) is 4.79 Å². The summed E-state index contributed by atoms with van der Waals surface area (Å²) in [5.41, 5.74) is 1.17. The topological polar surface area (TPSA) is 57.9 Å². The summed E-state index contributed by atoms with van der Waals surface area (Å²) in [6.45, 7) is 4.55. The number of benzene rings is 1. The third-order valence-electron chi connectivity index (χ3n) is 3.29. The maximum absolute atomic E-state index is 12.1. The van der Waals surface area contributed by atoms with Crippen LogP contribution in [0.5, 0.6) is 11.5 Å². The van der Waals surface area contributed by atoms with E-state index < -0.39 is 5.97 Å². The van der Waals surface area contributed by atoms with Crippen molar-refractivity contribution in [1.82, 2.24) is 0 Å². The van der Waals surface area contributed by atoms with Crippen LogP contribution >= 0.6 is 11.6 Å². The van der Waals surface area contributed by atoms with E-state index in [1.165, 1.54) is 0 Å². The van der Waals surface area contributed by atoms with Gasteiger partial charge >= 0.3 is 5.97 Å². The molecule has 1 aromatic heterocycles. The zero-order chi connectivity index (χ0) is 15.7. The second kappa shape index (κ2) is 5.93. The molecule has 0 radical (unpaired) electrons. The van der Waals surface area contributed by atoms with Gasteiger partial charge in [0.05, 0.1) is 5.02 Å². The van der Waals surface area contributed by atoms with E-state index in [1.54, 1.807) is 32.0 Å². The summed E-state index contributed by atoms with van der Waals surface area (Å²) in [7, 11) is 0. The van der Waals surface area contributed by atoms with Crippen LogP contribution in [0, 0.1) is 13.8 Å². The molecule has 5 nitrogen and oxygen atoms in total. The quantitative estimate of drug-likeness (QED) is 0.807. The van der Waals surface area contributed by atoms with E-state index in [4.69, 9.17) is 30.2 Å². The average Bonchev–Trinajstić information content (AvgIpc) is 2.84. The average molecular weight is 323 g/mol. The molecule has 2 aromatic rings. The second-order valence-electron chi connectivity index (χ2n) is 5.00. The van der Waals surface area contributed by atoms with Crippen LogP contribution < -0.4 is 9.47 Å². The fraction of sp³-hybridized carbons (Fsp3) is 0.312. The molecule has 22 heavy (non-hydrogen) atoms. The first-order valence-electron chi connectivity index (χ1n) is 6.87. The normalized spacial score (nSPS) is 13.0. The first-order chi connectivity index (χ1) is 10.5. The summed E-state index contributed by atoms with van der Waals surface area (Å²) in [6.07, 6.45) is 0. The first kappa shape index (κ1) is 14.8. The standard InChI is InChI=1S/C16H15ClO5/c1-9-5-12(10(2)22-9)16(18)21-8-11-6-13(17)15-14(7-11)19-3-4-20-15/h5-7H,3-4,8H2,1-2H3. The Morgan fingerprint density at radius 3 is 2.73 bits per heavy atom. The van der Waals surface area contributed by atoms with Crippen molar-refractivity contribution in [3.8, 4) is 11.5 Å². The number of aryl methyl sites for hydroxylation is 2. The Morgan fingerprint density at radius 2 is 2.00 bits per heavy atom. The first-order valence-corrected chi connectivity index (χ1v) is 7.24. The van der Waals surface area contributed by atoms with Gasteiger partial charge in [0.15, 0.2) is 11.5 Å². The third kappa shape index (κ3) is 2.90. The van der Waals surface area contributed by atoms with Gasteiger partial charge in [-0.1, -0.05) is 11.6 Å². The molecule has 0 fully saturated rings. The molecule has 1 aliphatic heterocycles. The predicted octanol–water partition coefficient (Wildman–Crippen LogP) is 3.68. The van der Waals surface area contributed by atoms with Crippen molar-refractivity contribution < 1.29 is 23.4 Å². The Kier molecular flexibility index (Phi) is 3.98. The number of ether oxygens (including phenoxy) is 3. The summed E-state index contributed by atoms with van der Waals surface area (Å²) in [5, 5.41) is 0.443. The van der Waals surface area contributed by atoms with Crippen LogP contribution in [0.15, 0.2) is 22.6 Å². The SMILES string of the molecule is Cc1cc(C(=O)OCc2cc(Cl)c3c(c2)OCCO3)c(C)o1. The molecule has 6 heteroatoms. The molecule has 0 bridgehead atoms. The third-order valence-corrected chi connectivity index (χ3v) is 3.57. The molecule has 0 unspecified atom stereocenters. The molecule has 1 aliphatic rings. The Balaban J connectivity index is 1.73. The minimum absolute atomic E-state index is 0.0961. The van der Waals surface area contributed by atoms with Crippen LogP contribution in [0.2, 0.25) is 5.02 Å². The molecule has 3 rings (SSSR count). The van der Waals surface area contributed by atoms with E-state index in [-0.39, 0.29) is 6.61 Å². The molecule has 1 aromatic carbocycles. The lowest BCUT2D eigenvalue weighted by atomic mass is 10.2. The molecule has 0 saturated carbocycles. The van der Waals surface area contributed by atoms with Crippen molar-refractivity contribution in [1.29, 1.82) is 0 Å². The van der Waals surface area contributed by atoms with Crippen LogP contribution in [0.3, 0.4) is 0 Å². The van der Waals surface area contributed by atoms with Crippen molar-refractivity contribution >= 4 is 17.6 Å². The smallest absolute Gasteiger partial charge is 0.342 e. The molecule has 0 N–H and O–H groups in total. The number of carbonyl (C=O) groups excluding carboxylic acids is 1. The van der Waals surface area contributed by atoms with E-state index in [0.717, 1.165) is 5.56 Å². The molecule has 0 aliphatic carbocycles. The van der Waals surface area contributed by atoms with Gasteiger partial charge in [0, 0.05) is 0 Å². The number of esters is 1. The number of hydrogen-bond acceptors (Lipinski definition) is 5. The van der Waals surface area contributed by atoms with E-state index >= 15 is 0 Å². The van der Waals surface area contributed by atoms with Gasteiger partial charge in [-0.05, 0) is 37.6 Å². The maximum atomic E-state index is 12.1. The minimum atomic E-state index is -0.430. The number of fused-ring (bicyclic) bond motifs is 1. The van der Waals surface area contributed by atoms with Crippen LogP contribution in [0.1, 0.15) is 27.4 Å². The van der Waals surface area contributed by atoms with Crippen molar-refractivity contribution in [2.75, 3.05) is 13.2 Å². The predicted molar refractivity (Wildman–Crippen MR) is 79.7 cm³/mol. The summed E-state index contributed by atoms with van der Waals surface area (Å²) < 4.78 is 21.6. The highest BCUT2D eigenvalue weighted by atomic mass is 35.5. The van der Waals surface area contributed by atoms with Crippen molar-refractivity contribution in [3.05, 3.63) is 45.9 Å². The summed E-state index contributed by atoms with van der Waals surface area (Å²) in [4.78, 5) is 12.1. The zero-order valence-electron chi connectivity index (χ0n) is 12.3.